The minimum Gasteiger partial charge on any atom is -0.164 e. The van der Waals surface area contributed by atoms with Crippen molar-refractivity contribution in [3.63, 3.8) is 0 Å². The molecule has 1 aromatic heterocycles. The highest BCUT2D eigenvalue weighted by Gasteiger charge is 2.34. The summed E-state index contributed by atoms with van der Waals surface area (Å²) in [6.45, 7) is 5.47. The van der Waals surface area contributed by atoms with Gasteiger partial charge in [0.05, 0.1) is 6.20 Å². The molecule has 0 aromatic carbocycles. The van der Waals surface area contributed by atoms with Crippen molar-refractivity contribution in [1.29, 1.82) is 0 Å². The van der Waals surface area contributed by atoms with E-state index in [9.17, 15) is 13.2 Å². The molecular weight excluding hydrogens is 193 g/mol. The summed E-state index contributed by atoms with van der Waals surface area (Å²) in [4.78, 5) is 0. The fraction of sp³-hybridized carbons (Fsp3) is 0.556. The lowest BCUT2D eigenvalue weighted by atomic mass is 9.88. The van der Waals surface area contributed by atoms with Crippen LogP contribution in [0.2, 0.25) is 0 Å². The first-order chi connectivity index (χ1) is 6.21. The molecule has 0 radical (unpaired) electrons. The molecule has 0 amide bonds. The number of halogens is 3. The second kappa shape index (κ2) is 3.22. The molecule has 0 N–H and O–H groups in total. The number of nitrogens with zero attached hydrogens (tertiary/aromatic N) is 2. The van der Waals surface area contributed by atoms with Crippen LogP contribution in [0, 0.1) is 0 Å². The van der Waals surface area contributed by atoms with Gasteiger partial charge in [-0.15, -0.1) is 5.10 Å². The summed E-state index contributed by atoms with van der Waals surface area (Å²) in [7, 11) is 0. The van der Waals surface area contributed by atoms with E-state index in [1.54, 1.807) is 0 Å². The zero-order chi connectivity index (χ0) is 11.0. The molecule has 2 nitrogen and oxygen atoms in total. The Bertz CT molecular complexity index is 296. The third-order valence-electron chi connectivity index (χ3n) is 1.81. The minimum atomic E-state index is -4.42. The van der Waals surface area contributed by atoms with Crippen molar-refractivity contribution in [3.05, 3.63) is 23.5 Å². The molecule has 0 spiro atoms. The van der Waals surface area contributed by atoms with Crippen molar-refractivity contribution in [3.8, 4) is 0 Å². The van der Waals surface area contributed by atoms with Crippen molar-refractivity contribution in [2.75, 3.05) is 0 Å². The largest absolute Gasteiger partial charge is 0.435 e. The van der Waals surface area contributed by atoms with E-state index in [1.165, 1.54) is 6.20 Å². The SMILES string of the molecule is CC(C)(C)c1cnnc(C(F)(F)F)c1. The Kier molecular flexibility index (Phi) is 2.52. The van der Waals surface area contributed by atoms with Crippen LogP contribution in [-0.2, 0) is 11.6 Å². The maximum atomic E-state index is 12.3. The molecule has 78 valence electrons. The second-order valence-corrected chi connectivity index (χ2v) is 4.08. The van der Waals surface area contributed by atoms with E-state index < -0.39 is 11.9 Å². The lowest BCUT2D eigenvalue weighted by molar-refractivity contribution is -0.141. The molecule has 0 aliphatic heterocycles. The van der Waals surface area contributed by atoms with Gasteiger partial charge in [0, 0.05) is 0 Å². The fourth-order valence-corrected chi connectivity index (χ4v) is 0.915. The highest BCUT2D eigenvalue weighted by molar-refractivity contribution is 5.21. The van der Waals surface area contributed by atoms with Crippen LogP contribution in [0.25, 0.3) is 0 Å². The average Bonchev–Trinajstić information content (AvgIpc) is 2.01. The van der Waals surface area contributed by atoms with E-state index in [-0.39, 0.29) is 5.41 Å². The predicted octanol–water partition coefficient (Wildman–Crippen LogP) is 2.79. The van der Waals surface area contributed by atoms with Gasteiger partial charge in [-0.25, -0.2) is 0 Å². The third kappa shape index (κ3) is 2.43. The van der Waals surface area contributed by atoms with Crippen LogP contribution in [0.4, 0.5) is 13.2 Å². The number of aromatic nitrogens is 2. The monoisotopic (exact) mass is 204 g/mol. The maximum absolute atomic E-state index is 12.3. The van der Waals surface area contributed by atoms with E-state index in [1.807, 2.05) is 20.8 Å². The smallest absolute Gasteiger partial charge is 0.164 e. The number of rotatable bonds is 0. The Morgan fingerprint density at radius 1 is 1.14 bits per heavy atom. The molecule has 0 atom stereocenters. The Labute approximate surface area is 80.2 Å². The molecule has 1 aromatic rings. The molecule has 5 heteroatoms. The van der Waals surface area contributed by atoms with Gasteiger partial charge in [0.15, 0.2) is 5.69 Å². The van der Waals surface area contributed by atoms with Gasteiger partial charge in [0.1, 0.15) is 0 Å². The van der Waals surface area contributed by atoms with Crippen LogP contribution in [0.1, 0.15) is 32.0 Å². The van der Waals surface area contributed by atoms with E-state index in [0.717, 1.165) is 6.07 Å². The number of hydrogen-bond acceptors (Lipinski definition) is 2. The van der Waals surface area contributed by atoms with Crippen LogP contribution >= 0.6 is 0 Å². The molecule has 0 saturated heterocycles. The van der Waals surface area contributed by atoms with Crippen LogP contribution in [0.5, 0.6) is 0 Å². The van der Waals surface area contributed by atoms with Gasteiger partial charge >= 0.3 is 6.18 Å². The zero-order valence-corrected chi connectivity index (χ0v) is 8.18. The fourth-order valence-electron chi connectivity index (χ4n) is 0.915. The predicted molar refractivity (Wildman–Crippen MR) is 45.7 cm³/mol. The number of hydrogen-bond donors (Lipinski definition) is 0. The molecule has 14 heavy (non-hydrogen) atoms. The van der Waals surface area contributed by atoms with Crippen molar-refractivity contribution in [1.82, 2.24) is 10.2 Å². The van der Waals surface area contributed by atoms with E-state index >= 15 is 0 Å². The van der Waals surface area contributed by atoms with Gasteiger partial charge in [0.25, 0.3) is 0 Å². The van der Waals surface area contributed by atoms with Gasteiger partial charge in [-0.3, -0.25) is 0 Å². The normalized spacial score (nSPS) is 13.0. The Morgan fingerprint density at radius 3 is 2.14 bits per heavy atom. The van der Waals surface area contributed by atoms with Gasteiger partial charge in [-0.05, 0) is 17.0 Å². The molecule has 0 aliphatic rings. The first kappa shape index (κ1) is 10.9. The summed E-state index contributed by atoms with van der Waals surface area (Å²) in [6, 6.07) is 1.03. The summed E-state index contributed by atoms with van der Waals surface area (Å²) in [5.74, 6) is 0. The van der Waals surface area contributed by atoms with Crippen LogP contribution in [0.15, 0.2) is 12.3 Å². The minimum absolute atomic E-state index is 0.351. The highest BCUT2D eigenvalue weighted by Crippen LogP contribution is 2.30. The van der Waals surface area contributed by atoms with Crippen molar-refractivity contribution < 1.29 is 13.2 Å². The first-order valence-electron chi connectivity index (χ1n) is 4.11. The van der Waals surface area contributed by atoms with Gasteiger partial charge < -0.3 is 0 Å². The molecule has 0 aliphatic carbocycles. The molecule has 0 bridgehead atoms. The van der Waals surface area contributed by atoms with E-state index in [4.69, 9.17) is 0 Å². The summed E-state index contributed by atoms with van der Waals surface area (Å²) in [6.07, 6.45) is -3.07. The quantitative estimate of drug-likeness (QED) is 0.649. The van der Waals surface area contributed by atoms with Crippen molar-refractivity contribution in [2.45, 2.75) is 32.4 Å². The van der Waals surface area contributed by atoms with Crippen molar-refractivity contribution in [2.24, 2.45) is 0 Å². The van der Waals surface area contributed by atoms with Gasteiger partial charge in [-0.2, -0.15) is 18.3 Å². The van der Waals surface area contributed by atoms with Crippen LogP contribution in [-0.4, -0.2) is 10.2 Å². The van der Waals surface area contributed by atoms with Gasteiger partial charge in [0.2, 0.25) is 0 Å². The van der Waals surface area contributed by atoms with Gasteiger partial charge in [-0.1, -0.05) is 20.8 Å². The second-order valence-electron chi connectivity index (χ2n) is 4.08. The average molecular weight is 204 g/mol. The summed E-state index contributed by atoms with van der Waals surface area (Å²) >= 11 is 0. The summed E-state index contributed by atoms with van der Waals surface area (Å²) < 4.78 is 36.8. The molecule has 0 fully saturated rings. The molecule has 1 heterocycles. The summed E-state index contributed by atoms with van der Waals surface area (Å²) in [5, 5.41) is 6.40. The summed E-state index contributed by atoms with van der Waals surface area (Å²) in [5.41, 5.74) is -0.764. The molecule has 1 rings (SSSR count). The van der Waals surface area contributed by atoms with Crippen molar-refractivity contribution >= 4 is 0 Å². The van der Waals surface area contributed by atoms with E-state index in [2.05, 4.69) is 10.2 Å². The Balaban J connectivity index is 3.15. The topological polar surface area (TPSA) is 25.8 Å². The highest BCUT2D eigenvalue weighted by atomic mass is 19.4. The lowest BCUT2D eigenvalue weighted by Gasteiger charge is -2.18. The number of alkyl halides is 3. The Morgan fingerprint density at radius 2 is 1.71 bits per heavy atom. The lowest BCUT2D eigenvalue weighted by Crippen LogP contribution is -2.16. The Hall–Kier alpha value is -1.13. The maximum Gasteiger partial charge on any atom is 0.435 e. The van der Waals surface area contributed by atoms with Crippen LogP contribution in [0.3, 0.4) is 0 Å². The standard InChI is InChI=1S/C9H11F3N2/c1-8(2,3)6-4-7(9(10,11)12)14-13-5-6/h4-5H,1-3H3. The first-order valence-corrected chi connectivity index (χ1v) is 4.11. The van der Waals surface area contributed by atoms with E-state index in [0.29, 0.717) is 5.56 Å². The molecule has 0 unspecified atom stereocenters. The van der Waals surface area contributed by atoms with Crippen LogP contribution < -0.4 is 0 Å². The zero-order valence-electron chi connectivity index (χ0n) is 8.18. The molecular formula is C9H11F3N2. The third-order valence-corrected chi connectivity index (χ3v) is 1.81. The molecule has 0 saturated carbocycles.